The van der Waals surface area contributed by atoms with Gasteiger partial charge in [-0.15, -0.1) is 0 Å². The second kappa shape index (κ2) is 12.0. The first-order valence-corrected chi connectivity index (χ1v) is 11.6. The van der Waals surface area contributed by atoms with Gasteiger partial charge in [0, 0.05) is 51.9 Å². The van der Waals surface area contributed by atoms with Crippen LogP contribution in [0.3, 0.4) is 0 Å². The Kier molecular flexibility index (Phi) is 9.76. The average molecular weight is 429 g/mol. The lowest BCUT2D eigenvalue weighted by molar-refractivity contribution is -0.139. The third-order valence-corrected chi connectivity index (χ3v) is 7.01. The first-order chi connectivity index (χ1) is 13.8. The van der Waals surface area contributed by atoms with Gasteiger partial charge in [0.1, 0.15) is 0 Å². The molecule has 0 saturated carbocycles. The molecule has 9 heteroatoms. The molecule has 2 aliphatic rings. The number of carbonyl (C=O) groups is 4. The number of carboxylic acids is 2. The Morgan fingerprint density at radius 1 is 0.828 bits per heavy atom. The lowest BCUT2D eigenvalue weighted by Gasteiger charge is -2.22. The first-order valence-electron chi connectivity index (χ1n) is 10.4. The average Bonchev–Trinajstić information content (AvgIpc) is 3.24. The van der Waals surface area contributed by atoms with Crippen LogP contribution in [0.25, 0.3) is 0 Å². The smallest absolute Gasteiger partial charge is 0.303 e. The topological polar surface area (TPSA) is 115 Å². The summed E-state index contributed by atoms with van der Waals surface area (Å²) in [5.74, 6) is -0.237. The van der Waals surface area contributed by atoms with E-state index in [2.05, 4.69) is 0 Å². The lowest BCUT2D eigenvalue weighted by Crippen LogP contribution is -2.29. The Balaban J connectivity index is 1.77. The molecule has 0 aromatic rings. The summed E-state index contributed by atoms with van der Waals surface area (Å²) in [6, 6.07) is 0. The summed E-state index contributed by atoms with van der Waals surface area (Å²) < 4.78 is 0. The molecule has 0 aliphatic carbocycles. The molecule has 0 radical (unpaired) electrons. The molecule has 0 aromatic carbocycles. The van der Waals surface area contributed by atoms with Crippen LogP contribution in [0.1, 0.15) is 51.4 Å². The van der Waals surface area contributed by atoms with Crippen molar-refractivity contribution in [3.05, 3.63) is 0 Å². The van der Waals surface area contributed by atoms with E-state index in [4.69, 9.17) is 0 Å². The summed E-state index contributed by atoms with van der Waals surface area (Å²) in [6.45, 7) is 2.68. The minimum absolute atomic E-state index is 0.0449. The summed E-state index contributed by atoms with van der Waals surface area (Å²) in [7, 11) is 0. The normalized spacial score (nSPS) is 19.0. The molecular weight excluding hydrogens is 396 g/mol. The predicted octanol–water partition coefficient (Wildman–Crippen LogP) is 1.93. The largest absolute Gasteiger partial charge is 0.481 e. The van der Waals surface area contributed by atoms with Crippen LogP contribution in [0.15, 0.2) is 0 Å². The summed E-state index contributed by atoms with van der Waals surface area (Å²) in [5.41, 5.74) is 0. The molecule has 2 saturated heterocycles. The van der Waals surface area contributed by atoms with Crippen molar-refractivity contribution >= 4 is 35.5 Å². The third-order valence-electron chi connectivity index (χ3n) is 5.59. The van der Waals surface area contributed by atoms with Crippen molar-refractivity contribution in [1.82, 2.24) is 9.80 Å². The molecule has 2 N–H and O–H groups in total. The van der Waals surface area contributed by atoms with Gasteiger partial charge < -0.3 is 20.0 Å². The van der Waals surface area contributed by atoms with E-state index in [-0.39, 0.29) is 36.5 Å². The Morgan fingerprint density at radius 3 is 1.55 bits per heavy atom. The summed E-state index contributed by atoms with van der Waals surface area (Å²) >= 11 is 1.59. The van der Waals surface area contributed by atoms with Crippen LogP contribution in [0.5, 0.6) is 0 Å². The van der Waals surface area contributed by atoms with Crippen LogP contribution < -0.4 is 0 Å². The van der Waals surface area contributed by atoms with Crippen LogP contribution in [-0.2, 0) is 19.2 Å². The molecule has 2 atom stereocenters. The SMILES string of the molecule is O=C(O)CC(CCN1CCCC1=O)CSCC(CCN1CCCC1=O)CC(=O)O. The second-order valence-electron chi connectivity index (χ2n) is 8.01. The molecule has 8 nitrogen and oxygen atoms in total. The fourth-order valence-corrected chi connectivity index (χ4v) is 5.31. The Hall–Kier alpha value is -1.77. The number of aliphatic carboxylic acids is 2. The summed E-state index contributed by atoms with van der Waals surface area (Å²) in [5, 5.41) is 18.4. The van der Waals surface area contributed by atoms with Crippen molar-refractivity contribution in [3.63, 3.8) is 0 Å². The molecule has 0 aromatic heterocycles. The molecule has 2 heterocycles. The standard InChI is InChI=1S/C20H32N2O6S/c23-17-3-1-7-21(17)9-5-15(11-19(25)26)13-29-14-16(12-20(27)28)6-10-22-8-2-4-18(22)24/h15-16H,1-14H2,(H,25,26)(H,27,28). The van der Waals surface area contributed by atoms with Gasteiger partial charge in [-0.1, -0.05) is 0 Å². The number of thioether (sulfide) groups is 1. The maximum atomic E-state index is 11.7. The van der Waals surface area contributed by atoms with Crippen molar-refractivity contribution in [3.8, 4) is 0 Å². The fraction of sp³-hybridized carbons (Fsp3) is 0.800. The third kappa shape index (κ3) is 8.64. The van der Waals surface area contributed by atoms with Gasteiger partial charge in [0.05, 0.1) is 0 Å². The van der Waals surface area contributed by atoms with E-state index in [1.807, 2.05) is 0 Å². The highest BCUT2D eigenvalue weighted by molar-refractivity contribution is 7.99. The zero-order chi connectivity index (χ0) is 21.2. The molecule has 2 unspecified atom stereocenters. The predicted molar refractivity (Wildman–Crippen MR) is 110 cm³/mol. The summed E-state index contributed by atoms with van der Waals surface area (Å²) in [4.78, 5) is 49.5. The fourth-order valence-electron chi connectivity index (χ4n) is 3.94. The molecule has 29 heavy (non-hydrogen) atoms. The van der Waals surface area contributed by atoms with Gasteiger partial charge in [-0.3, -0.25) is 19.2 Å². The quantitative estimate of drug-likeness (QED) is 0.434. The van der Waals surface area contributed by atoms with E-state index < -0.39 is 11.9 Å². The van der Waals surface area contributed by atoms with Crippen LogP contribution in [0, 0.1) is 11.8 Å². The number of hydrogen-bond donors (Lipinski definition) is 2. The van der Waals surface area contributed by atoms with Crippen LogP contribution >= 0.6 is 11.8 Å². The minimum Gasteiger partial charge on any atom is -0.481 e. The molecule has 0 spiro atoms. The number of carboxylic acid groups (broad SMARTS) is 2. The summed E-state index contributed by atoms with van der Waals surface area (Å²) in [6.07, 6.45) is 4.31. The van der Waals surface area contributed by atoms with E-state index >= 15 is 0 Å². The Bertz CT molecular complexity index is 550. The van der Waals surface area contributed by atoms with Crippen molar-refractivity contribution in [2.24, 2.45) is 11.8 Å². The number of amides is 2. The van der Waals surface area contributed by atoms with Crippen molar-refractivity contribution in [2.75, 3.05) is 37.7 Å². The Morgan fingerprint density at radius 2 is 1.24 bits per heavy atom. The number of carbonyl (C=O) groups excluding carboxylic acids is 2. The van der Waals surface area contributed by atoms with E-state index in [0.29, 0.717) is 50.3 Å². The Labute approximate surface area is 176 Å². The van der Waals surface area contributed by atoms with Crippen molar-refractivity contribution < 1.29 is 29.4 Å². The maximum Gasteiger partial charge on any atom is 0.303 e. The number of nitrogens with zero attached hydrogens (tertiary/aromatic N) is 2. The van der Waals surface area contributed by atoms with E-state index in [1.54, 1.807) is 21.6 Å². The minimum atomic E-state index is -0.849. The van der Waals surface area contributed by atoms with Gasteiger partial charge in [-0.25, -0.2) is 0 Å². The highest BCUT2D eigenvalue weighted by Crippen LogP contribution is 2.24. The molecule has 2 aliphatic heterocycles. The van der Waals surface area contributed by atoms with Gasteiger partial charge in [-0.05, 0) is 49.0 Å². The maximum absolute atomic E-state index is 11.7. The first kappa shape index (κ1) is 23.5. The van der Waals surface area contributed by atoms with E-state index in [0.717, 1.165) is 25.9 Å². The lowest BCUT2D eigenvalue weighted by atomic mass is 10.0. The number of likely N-dealkylation sites (tertiary alicyclic amines) is 2. The van der Waals surface area contributed by atoms with E-state index in [1.165, 1.54) is 0 Å². The molecular formula is C20H32N2O6S. The van der Waals surface area contributed by atoms with E-state index in [9.17, 15) is 29.4 Å². The molecule has 2 amide bonds. The van der Waals surface area contributed by atoms with Crippen LogP contribution in [-0.4, -0.2) is 81.5 Å². The van der Waals surface area contributed by atoms with Crippen LogP contribution in [0.2, 0.25) is 0 Å². The number of rotatable bonds is 14. The molecule has 2 fully saturated rings. The zero-order valence-corrected chi connectivity index (χ0v) is 17.7. The van der Waals surface area contributed by atoms with Crippen molar-refractivity contribution in [2.45, 2.75) is 51.4 Å². The van der Waals surface area contributed by atoms with Crippen LogP contribution in [0.4, 0.5) is 0 Å². The monoisotopic (exact) mass is 428 g/mol. The second-order valence-corrected chi connectivity index (χ2v) is 9.09. The molecule has 164 valence electrons. The van der Waals surface area contributed by atoms with Gasteiger partial charge in [0.25, 0.3) is 0 Å². The molecule has 2 rings (SSSR count). The highest BCUT2D eigenvalue weighted by atomic mass is 32.2. The molecule has 0 bridgehead atoms. The highest BCUT2D eigenvalue weighted by Gasteiger charge is 2.24. The van der Waals surface area contributed by atoms with Gasteiger partial charge in [0.2, 0.25) is 11.8 Å². The van der Waals surface area contributed by atoms with Crippen molar-refractivity contribution in [1.29, 1.82) is 0 Å². The van der Waals surface area contributed by atoms with Gasteiger partial charge >= 0.3 is 11.9 Å². The van der Waals surface area contributed by atoms with Gasteiger partial charge in [-0.2, -0.15) is 11.8 Å². The zero-order valence-electron chi connectivity index (χ0n) is 16.9. The van der Waals surface area contributed by atoms with Gasteiger partial charge in [0.15, 0.2) is 0 Å². The number of hydrogen-bond acceptors (Lipinski definition) is 5.